The smallest absolute Gasteiger partial charge is 0.247 e. The molecule has 0 aliphatic carbocycles. The molecule has 2 saturated heterocycles. The second-order valence-electron chi connectivity index (χ2n) is 12.4. The normalized spacial score (nSPS) is 20.4. The first-order valence-corrected chi connectivity index (χ1v) is 14.9. The Balaban J connectivity index is 1.65. The minimum absolute atomic E-state index is 0.148. The SMILES string of the molecule is CN[C@@H](C)C(=O)N[C@H](C(=O)N1CC(=O)N2[C@@H]1CN(CCc1ccccc1Cl)C(=O)[C@@H]2Cc1ccc(C)cc1)C(C)(C)C. The van der Waals surface area contributed by atoms with Crippen LogP contribution >= 0.6 is 11.6 Å². The zero-order valence-electron chi connectivity index (χ0n) is 25.3. The highest BCUT2D eigenvalue weighted by Gasteiger charge is 2.53. The largest absolute Gasteiger partial charge is 0.342 e. The lowest BCUT2D eigenvalue weighted by Gasteiger charge is -2.45. The summed E-state index contributed by atoms with van der Waals surface area (Å²) in [6.07, 6.45) is 0.234. The number of carbonyl (C=O) groups is 4. The molecule has 10 heteroatoms. The number of fused-ring (bicyclic) bond motifs is 1. The molecule has 0 bridgehead atoms. The molecule has 2 aromatic carbocycles. The number of amides is 4. The van der Waals surface area contributed by atoms with Gasteiger partial charge in [-0.25, -0.2) is 0 Å². The quantitative estimate of drug-likeness (QED) is 0.464. The third-order valence-corrected chi connectivity index (χ3v) is 8.63. The van der Waals surface area contributed by atoms with Crippen LogP contribution in [0, 0.1) is 12.3 Å². The molecular weight excluding hydrogens is 554 g/mol. The summed E-state index contributed by atoms with van der Waals surface area (Å²) < 4.78 is 0. The van der Waals surface area contributed by atoms with E-state index < -0.39 is 29.7 Å². The lowest BCUT2D eigenvalue weighted by atomic mass is 9.85. The van der Waals surface area contributed by atoms with Crippen molar-refractivity contribution in [3.8, 4) is 0 Å². The Bertz CT molecular complexity index is 1320. The Morgan fingerprint density at radius 1 is 1.07 bits per heavy atom. The van der Waals surface area contributed by atoms with Crippen molar-refractivity contribution in [2.24, 2.45) is 5.41 Å². The van der Waals surface area contributed by atoms with E-state index in [1.807, 2.05) is 76.2 Å². The Morgan fingerprint density at radius 2 is 1.74 bits per heavy atom. The fourth-order valence-electron chi connectivity index (χ4n) is 5.56. The van der Waals surface area contributed by atoms with Crippen molar-refractivity contribution >= 4 is 35.2 Å². The number of aryl methyl sites for hydroxylation is 1. The Morgan fingerprint density at radius 3 is 2.36 bits per heavy atom. The van der Waals surface area contributed by atoms with Gasteiger partial charge in [0.25, 0.3) is 0 Å². The number of halogens is 1. The van der Waals surface area contributed by atoms with E-state index in [4.69, 9.17) is 11.6 Å². The molecule has 226 valence electrons. The van der Waals surface area contributed by atoms with Gasteiger partial charge in [0.2, 0.25) is 23.6 Å². The molecular formula is C32H42ClN5O4. The van der Waals surface area contributed by atoms with Crippen molar-refractivity contribution < 1.29 is 19.2 Å². The van der Waals surface area contributed by atoms with Crippen LogP contribution in [0.1, 0.15) is 44.4 Å². The molecule has 42 heavy (non-hydrogen) atoms. The summed E-state index contributed by atoms with van der Waals surface area (Å²) in [6, 6.07) is 13.3. The number of likely N-dealkylation sites (N-methyl/N-ethyl adjacent to an activating group) is 1. The maximum Gasteiger partial charge on any atom is 0.247 e. The van der Waals surface area contributed by atoms with Crippen LogP contribution in [0.4, 0.5) is 0 Å². The van der Waals surface area contributed by atoms with Crippen LogP contribution in [0.3, 0.4) is 0 Å². The van der Waals surface area contributed by atoms with Crippen molar-refractivity contribution in [3.63, 3.8) is 0 Å². The Hall–Kier alpha value is -3.43. The van der Waals surface area contributed by atoms with E-state index in [-0.39, 0.29) is 36.7 Å². The van der Waals surface area contributed by atoms with Crippen molar-refractivity contribution in [2.75, 3.05) is 26.7 Å². The van der Waals surface area contributed by atoms with Gasteiger partial charge >= 0.3 is 0 Å². The van der Waals surface area contributed by atoms with Gasteiger partial charge in [-0.3, -0.25) is 19.2 Å². The maximum atomic E-state index is 14.1. The molecule has 2 fully saturated rings. The third-order valence-electron chi connectivity index (χ3n) is 8.26. The predicted molar refractivity (Wildman–Crippen MR) is 163 cm³/mol. The third kappa shape index (κ3) is 6.79. The summed E-state index contributed by atoms with van der Waals surface area (Å²) >= 11 is 6.40. The summed E-state index contributed by atoms with van der Waals surface area (Å²) in [4.78, 5) is 59.3. The van der Waals surface area contributed by atoms with E-state index in [1.54, 1.807) is 28.7 Å². The molecule has 2 N–H and O–H groups in total. The molecule has 2 aromatic rings. The van der Waals surface area contributed by atoms with E-state index in [2.05, 4.69) is 10.6 Å². The van der Waals surface area contributed by atoms with Crippen LogP contribution in [-0.2, 0) is 32.0 Å². The Kier molecular flexibility index (Phi) is 9.63. The van der Waals surface area contributed by atoms with Crippen LogP contribution in [0.15, 0.2) is 48.5 Å². The van der Waals surface area contributed by atoms with Gasteiger partial charge in [0, 0.05) is 18.0 Å². The molecule has 0 spiro atoms. The second kappa shape index (κ2) is 12.8. The summed E-state index contributed by atoms with van der Waals surface area (Å²) in [7, 11) is 1.68. The van der Waals surface area contributed by atoms with Crippen LogP contribution in [0.2, 0.25) is 5.02 Å². The van der Waals surface area contributed by atoms with Gasteiger partial charge in [-0.05, 0) is 49.9 Å². The molecule has 9 nitrogen and oxygen atoms in total. The number of hydrogen-bond donors (Lipinski definition) is 2. The minimum Gasteiger partial charge on any atom is -0.342 e. The number of nitrogens with zero attached hydrogens (tertiary/aromatic N) is 3. The molecule has 2 heterocycles. The van der Waals surface area contributed by atoms with Gasteiger partial charge < -0.3 is 25.3 Å². The highest BCUT2D eigenvalue weighted by molar-refractivity contribution is 6.31. The van der Waals surface area contributed by atoms with Crippen LogP contribution in [0.25, 0.3) is 0 Å². The number of hydrogen-bond acceptors (Lipinski definition) is 5. The van der Waals surface area contributed by atoms with E-state index >= 15 is 0 Å². The van der Waals surface area contributed by atoms with Crippen molar-refractivity contribution in [2.45, 2.75) is 71.8 Å². The average Bonchev–Trinajstić information content (AvgIpc) is 3.28. The van der Waals surface area contributed by atoms with Crippen LogP contribution in [-0.4, -0.2) is 89.3 Å². The van der Waals surface area contributed by atoms with E-state index in [9.17, 15) is 19.2 Å². The molecule has 0 unspecified atom stereocenters. The van der Waals surface area contributed by atoms with Gasteiger partial charge in [0.15, 0.2) is 0 Å². The summed E-state index contributed by atoms with van der Waals surface area (Å²) in [5, 5.41) is 6.44. The fraction of sp³-hybridized carbons (Fsp3) is 0.500. The second-order valence-corrected chi connectivity index (χ2v) is 12.8. The number of benzene rings is 2. The highest BCUT2D eigenvalue weighted by Crippen LogP contribution is 2.31. The molecule has 0 radical (unpaired) electrons. The van der Waals surface area contributed by atoms with E-state index in [1.165, 1.54) is 0 Å². The zero-order chi connectivity index (χ0) is 30.8. The molecule has 2 aliphatic rings. The number of carbonyl (C=O) groups excluding carboxylic acids is 4. The van der Waals surface area contributed by atoms with Crippen molar-refractivity contribution in [3.05, 3.63) is 70.2 Å². The number of rotatable bonds is 9. The first-order chi connectivity index (χ1) is 19.8. The summed E-state index contributed by atoms with van der Waals surface area (Å²) in [5.41, 5.74) is 2.34. The molecule has 4 rings (SSSR count). The first kappa shape index (κ1) is 31.5. The molecule has 0 saturated carbocycles. The maximum absolute atomic E-state index is 14.1. The average molecular weight is 596 g/mol. The first-order valence-electron chi connectivity index (χ1n) is 14.5. The van der Waals surface area contributed by atoms with Gasteiger partial charge in [-0.2, -0.15) is 0 Å². The van der Waals surface area contributed by atoms with Gasteiger partial charge in [0.1, 0.15) is 24.8 Å². The van der Waals surface area contributed by atoms with Gasteiger partial charge in [-0.15, -0.1) is 0 Å². The van der Waals surface area contributed by atoms with E-state index in [0.29, 0.717) is 24.4 Å². The van der Waals surface area contributed by atoms with Crippen LogP contribution in [0.5, 0.6) is 0 Å². The lowest BCUT2D eigenvalue weighted by molar-refractivity contribution is -0.156. The van der Waals surface area contributed by atoms with Gasteiger partial charge in [-0.1, -0.05) is 80.4 Å². The lowest BCUT2D eigenvalue weighted by Crippen LogP contribution is -2.66. The molecule has 4 atom stereocenters. The molecule has 2 aliphatic heterocycles. The van der Waals surface area contributed by atoms with E-state index in [0.717, 1.165) is 16.7 Å². The zero-order valence-corrected chi connectivity index (χ0v) is 26.1. The Labute approximate surface area is 253 Å². The number of piperazine rings is 1. The minimum atomic E-state index is -0.863. The van der Waals surface area contributed by atoms with Crippen molar-refractivity contribution in [1.29, 1.82) is 0 Å². The summed E-state index contributed by atoms with van der Waals surface area (Å²) in [6.45, 7) is 9.80. The monoisotopic (exact) mass is 595 g/mol. The van der Waals surface area contributed by atoms with Crippen molar-refractivity contribution in [1.82, 2.24) is 25.3 Å². The predicted octanol–water partition coefficient (Wildman–Crippen LogP) is 2.78. The molecule has 0 aromatic heterocycles. The van der Waals surface area contributed by atoms with Gasteiger partial charge in [0.05, 0.1) is 12.6 Å². The highest BCUT2D eigenvalue weighted by atomic mass is 35.5. The standard InChI is InChI=1S/C32H42ClN5O4/c1-20-11-13-22(14-12-20)17-25-30(41)36(16-15-23-9-7-8-10-24(23)33)18-26-37(19-27(39)38(25)26)31(42)28(32(3,4)5)35-29(40)21(2)34-6/h7-14,21,25-26,28,34H,15-19H2,1-6H3,(H,35,40)/t21-,25-,26+,28+/m0/s1. The molecule has 4 amide bonds. The fourth-order valence-corrected chi connectivity index (χ4v) is 5.79. The summed E-state index contributed by atoms with van der Waals surface area (Å²) in [5.74, 6) is -1.06. The number of nitrogens with one attached hydrogen (secondary N) is 2. The topological polar surface area (TPSA) is 102 Å². The van der Waals surface area contributed by atoms with Crippen LogP contribution < -0.4 is 10.6 Å².